The summed E-state index contributed by atoms with van der Waals surface area (Å²) in [4.78, 5) is 32.9. The van der Waals surface area contributed by atoms with Crippen LogP contribution < -0.4 is 10.6 Å². The molecule has 0 spiro atoms. The maximum absolute atomic E-state index is 11.2. The minimum atomic E-state index is -1.07. The molecule has 3 N–H and O–H groups in total. The highest BCUT2D eigenvalue weighted by Crippen LogP contribution is 1.96. The highest BCUT2D eigenvalue weighted by Gasteiger charge is 2.13. The zero-order valence-electron chi connectivity index (χ0n) is 10.3. The summed E-state index contributed by atoms with van der Waals surface area (Å²) in [6.07, 6.45) is 1.75. The van der Waals surface area contributed by atoms with Crippen LogP contribution in [-0.2, 0) is 14.4 Å². The van der Waals surface area contributed by atoms with E-state index in [2.05, 4.69) is 10.6 Å². The second-order valence-electron chi connectivity index (χ2n) is 3.83. The smallest absolute Gasteiger partial charge is 0.325 e. The van der Waals surface area contributed by atoms with Crippen LogP contribution in [-0.4, -0.2) is 35.5 Å². The van der Waals surface area contributed by atoms with Crippen molar-refractivity contribution in [1.82, 2.24) is 10.6 Å². The number of aliphatic carboxylic acids is 1. The quantitative estimate of drug-likeness (QED) is 0.571. The lowest BCUT2D eigenvalue weighted by molar-refractivity contribution is -0.141. The third kappa shape index (κ3) is 8.24. The molecule has 98 valence electrons. The molecule has 0 aliphatic carbocycles. The average molecular weight is 244 g/mol. The van der Waals surface area contributed by atoms with Crippen molar-refractivity contribution in [1.29, 1.82) is 0 Å². The summed E-state index contributed by atoms with van der Waals surface area (Å²) in [6, 6.07) is -0.892. The average Bonchev–Trinajstić information content (AvgIpc) is 2.26. The molecule has 0 unspecified atom stereocenters. The van der Waals surface area contributed by atoms with Crippen molar-refractivity contribution in [3.05, 3.63) is 0 Å². The van der Waals surface area contributed by atoms with Crippen LogP contribution in [0.5, 0.6) is 0 Å². The summed E-state index contributed by atoms with van der Waals surface area (Å²) in [6.45, 7) is 4.00. The Bertz CT molecular complexity index is 279. The zero-order chi connectivity index (χ0) is 13.3. The Morgan fingerprint density at radius 1 is 1.18 bits per heavy atom. The minimum Gasteiger partial charge on any atom is -0.480 e. The highest BCUT2D eigenvalue weighted by molar-refractivity contribution is 5.83. The number of carboxylic acids is 1. The van der Waals surface area contributed by atoms with Crippen LogP contribution in [0.4, 0.5) is 0 Å². The van der Waals surface area contributed by atoms with Crippen molar-refractivity contribution in [2.45, 2.75) is 45.6 Å². The van der Waals surface area contributed by atoms with E-state index in [1.807, 2.05) is 6.92 Å². The lowest BCUT2D eigenvalue weighted by Crippen LogP contribution is -2.38. The number of rotatable bonds is 8. The van der Waals surface area contributed by atoms with E-state index in [9.17, 15) is 14.4 Å². The third-order valence-corrected chi connectivity index (χ3v) is 2.13. The molecule has 6 heteroatoms. The Hall–Kier alpha value is -1.59. The van der Waals surface area contributed by atoms with Gasteiger partial charge in [-0.2, -0.15) is 0 Å². The number of hydrogen-bond acceptors (Lipinski definition) is 3. The van der Waals surface area contributed by atoms with Gasteiger partial charge in [0, 0.05) is 19.4 Å². The van der Waals surface area contributed by atoms with E-state index in [0.29, 0.717) is 13.0 Å². The summed E-state index contributed by atoms with van der Waals surface area (Å²) in [7, 11) is 0. The number of amides is 2. The molecule has 0 saturated carbocycles. The molecule has 0 rings (SSSR count). The molecule has 6 nitrogen and oxygen atoms in total. The van der Waals surface area contributed by atoms with E-state index >= 15 is 0 Å². The van der Waals surface area contributed by atoms with Gasteiger partial charge in [0.2, 0.25) is 11.8 Å². The monoisotopic (exact) mass is 244 g/mol. The molecule has 2 amide bonds. The second-order valence-corrected chi connectivity index (χ2v) is 3.83. The van der Waals surface area contributed by atoms with Gasteiger partial charge in [-0.05, 0) is 19.8 Å². The molecular weight excluding hydrogens is 224 g/mol. The first kappa shape index (κ1) is 15.4. The van der Waals surface area contributed by atoms with Gasteiger partial charge in [0.25, 0.3) is 0 Å². The highest BCUT2D eigenvalue weighted by atomic mass is 16.4. The molecule has 0 aromatic rings. The topological polar surface area (TPSA) is 95.5 Å². The van der Waals surface area contributed by atoms with E-state index in [1.165, 1.54) is 6.92 Å². The SMILES string of the molecule is CCCNC(=O)CCCC(=O)N[C@H](C)C(=O)O. The van der Waals surface area contributed by atoms with Gasteiger partial charge < -0.3 is 15.7 Å². The number of carbonyl (C=O) groups excluding carboxylic acids is 2. The van der Waals surface area contributed by atoms with Crippen LogP contribution in [0, 0.1) is 0 Å². The normalized spacial score (nSPS) is 11.6. The van der Waals surface area contributed by atoms with Gasteiger partial charge in [-0.3, -0.25) is 14.4 Å². The Morgan fingerprint density at radius 2 is 1.76 bits per heavy atom. The van der Waals surface area contributed by atoms with Gasteiger partial charge >= 0.3 is 5.97 Å². The van der Waals surface area contributed by atoms with E-state index in [4.69, 9.17) is 5.11 Å². The Balaban J connectivity index is 3.64. The third-order valence-electron chi connectivity index (χ3n) is 2.13. The fourth-order valence-corrected chi connectivity index (χ4v) is 1.14. The van der Waals surface area contributed by atoms with Crippen molar-refractivity contribution in [3.63, 3.8) is 0 Å². The van der Waals surface area contributed by atoms with Crippen molar-refractivity contribution >= 4 is 17.8 Å². The van der Waals surface area contributed by atoms with E-state index in [-0.39, 0.29) is 24.7 Å². The summed E-state index contributed by atoms with van der Waals surface area (Å²) in [5, 5.41) is 13.6. The molecule has 17 heavy (non-hydrogen) atoms. The van der Waals surface area contributed by atoms with Gasteiger partial charge in [0.05, 0.1) is 0 Å². The zero-order valence-corrected chi connectivity index (χ0v) is 10.3. The van der Waals surface area contributed by atoms with E-state index in [1.54, 1.807) is 0 Å². The molecule has 0 aromatic heterocycles. The number of hydrogen-bond donors (Lipinski definition) is 3. The standard InChI is InChI=1S/C11H20N2O4/c1-3-7-12-9(14)5-4-6-10(15)13-8(2)11(16)17/h8H,3-7H2,1-2H3,(H,12,14)(H,13,15)(H,16,17)/t8-/m1/s1. The molecular formula is C11H20N2O4. The molecule has 0 fully saturated rings. The predicted octanol–water partition coefficient (Wildman–Crippen LogP) is 0.272. The number of nitrogens with one attached hydrogen (secondary N) is 2. The van der Waals surface area contributed by atoms with Crippen LogP contribution in [0.2, 0.25) is 0 Å². The summed E-state index contributed by atoms with van der Waals surface area (Å²) < 4.78 is 0. The van der Waals surface area contributed by atoms with Crippen LogP contribution in [0.1, 0.15) is 39.5 Å². The fourth-order valence-electron chi connectivity index (χ4n) is 1.14. The maximum atomic E-state index is 11.2. The van der Waals surface area contributed by atoms with Crippen molar-refractivity contribution in [2.75, 3.05) is 6.54 Å². The van der Waals surface area contributed by atoms with E-state index < -0.39 is 12.0 Å². The number of carbonyl (C=O) groups is 3. The van der Waals surface area contributed by atoms with Gasteiger partial charge in [-0.15, -0.1) is 0 Å². The first-order valence-corrected chi connectivity index (χ1v) is 5.76. The first-order chi connectivity index (χ1) is 7.97. The number of carboxylic acid groups (broad SMARTS) is 1. The van der Waals surface area contributed by atoms with Gasteiger partial charge in [-0.25, -0.2) is 0 Å². The largest absolute Gasteiger partial charge is 0.480 e. The molecule has 1 atom stereocenters. The summed E-state index contributed by atoms with van der Waals surface area (Å²) in [5.41, 5.74) is 0. The minimum absolute atomic E-state index is 0.0778. The Labute approximate surface area is 101 Å². The molecule has 0 aliphatic heterocycles. The Kier molecular flexibility index (Phi) is 7.75. The van der Waals surface area contributed by atoms with Crippen LogP contribution in [0.25, 0.3) is 0 Å². The van der Waals surface area contributed by atoms with Crippen LogP contribution in [0.3, 0.4) is 0 Å². The molecule has 0 heterocycles. The van der Waals surface area contributed by atoms with E-state index in [0.717, 1.165) is 6.42 Å². The Morgan fingerprint density at radius 3 is 2.29 bits per heavy atom. The molecule has 0 saturated heterocycles. The summed E-state index contributed by atoms with van der Waals surface area (Å²) in [5.74, 6) is -1.49. The lowest BCUT2D eigenvalue weighted by atomic mass is 10.2. The predicted molar refractivity (Wildman–Crippen MR) is 62.4 cm³/mol. The maximum Gasteiger partial charge on any atom is 0.325 e. The van der Waals surface area contributed by atoms with Gasteiger partial charge in [0.15, 0.2) is 0 Å². The van der Waals surface area contributed by atoms with Crippen molar-refractivity contribution in [3.8, 4) is 0 Å². The fraction of sp³-hybridized carbons (Fsp3) is 0.727. The van der Waals surface area contributed by atoms with Crippen molar-refractivity contribution in [2.24, 2.45) is 0 Å². The first-order valence-electron chi connectivity index (χ1n) is 5.76. The summed E-state index contributed by atoms with van der Waals surface area (Å²) >= 11 is 0. The van der Waals surface area contributed by atoms with Crippen LogP contribution in [0.15, 0.2) is 0 Å². The van der Waals surface area contributed by atoms with Gasteiger partial charge in [0.1, 0.15) is 6.04 Å². The molecule has 0 aliphatic rings. The van der Waals surface area contributed by atoms with Crippen LogP contribution >= 0.6 is 0 Å². The second kappa shape index (κ2) is 8.55. The molecule has 0 bridgehead atoms. The van der Waals surface area contributed by atoms with Crippen molar-refractivity contribution < 1.29 is 19.5 Å². The lowest BCUT2D eigenvalue weighted by Gasteiger charge is -2.08. The molecule has 0 radical (unpaired) electrons. The molecule has 0 aromatic carbocycles. The van der Waals surface area contributed by atoms with Gasteiger partial charge in [-0.1, -0.05) is 6.92 Å².